The zero-order valence-corrected chi connectivity index (χ0v) is 13.5. The number of aromatic nitrogens is 4. The molecular weight excluding hydrogens is 312 g/mol. The Kier molecular flexibility index (Phi) is 3.66. The number of hydrogen-bond acceptors (Lipinski definition) is 8. The molecule has 0 aromatic carbocycles. The molecule has 118 valence electrons. The lowest BCUT2D eigenvalue weighted by atomic mass is 10.3. The lowest BCUT2D eigenvalue weighted by molar-refractivity contribution is 0.578. The standard InChI is InChI=1S/C15H16N6OS/c1-11-16-19-15(23-11)21-8-6-20(7-9-21)14-5-4-12(17-18-14)13-3-2-10-22-13/h2-5,10H,6-9H2,1H3. The molecule has 0 spiro atoms. The fourth-order valence-electron chi connectivity index (χ4n) is 2.59. The third kappa shape index (κ3) is 2.89. The van der Waals surface area contributed by atoms with Crippen molar-refractivity contribution in [1.29, 1.82) is 0 Å². The van der Waals surface area contributed by atoms with E-state index in [1.165, 1.54) is 0 Å². The molecule has 0 radical (unpaired) electrons. The van der Waals surface area contributed by atoms with Gasteiger partial charge in [0.1, 0.15) is 10.7 Å². The number of anilines is 2. The molecule has 7 nitrogen and oxygen atoms in total. The molecule has 1 aliphatic rings. The molecule has 3 aromatic rings. The first-order valence-corrected chi connectivity index (χ1v) is 8.29. The average Bonchev–Trinajstić information content (AvgIpc) is 3.27. The van der Waals surface area contributed by atoms with Crippen LogP contribution in [0.1, 0.15) is 5.01 Å². The Morgan fingerprint density at radius 1 is 0.957 bits per heavy atom. The van der Waals surface area contributed by atoms with Gasteiger partial charge in [0, 0.05) is 26.2 Å². The van der Waals surface area contributed by atoms with Gasteiger partial charge in [-0.1, -0.05) is 11.3 Å². The SMILES string of the molecule is Cc1nnc(N2CCN(c3ccc(-c4ccco4)nn3)CC2)s1. The van der Waals surface area contributed by atoms with Gasteiger partial charge in [-0.2, -0.15) is 0 Å². The fourth-order valence-corrected chi connectivity index (χ4v) is 3.33. The second-order valence-electron chi connectivity index (χ2n) is 5.33. The van der Waals surface area contributed by atoms with Gasteiger partial charge in [0.15, 0.2) is 11.6 Å². The fraction of sp³-hybridized carbons (Fsp3) is 0.333. The summed E-state index contributed by atoms with van der Waals surface area (Å²) in [6.45, 7) is 5.60. The van der Waals surface area contributed by atoms with E-state index in [0.717, 1.165) is 53.6 Å². The highest BCUT2D eigenvalue weighted by Gasteiger charge is 2.21. The molecule has 0 amide bonds. The van der Waals surface area contributed by atoms with Crippen LogP contribution < -0.4 is 9.80 Å². The molecule has 1 fully saturated rings. The van der Waals surface area contributed by atoms with Gasteiger partial charge >= 0.3 is 0 Å². The van der Waals surface area contributed by atoms with E-state index in [4.69, 9.17) is 4.42 Å². The van der Waals surface area contributed by atoms with Gasteiger partial charge in [-0.25, -0.2) is 0 Å². The van der Waals surface area contributed by atoms with E-state index >= 15 is 0 Å². The van der Waals surface area contributed by atoms with Crippen LogP contribution in [0.2, 0.25) is 0 Å². The van der Waals surface area contributed by atoms with Crippen molar-refractivity contribution in [2.45, 2.75) is 6.92 Å². The Hall–Kier alpha value is -2.48. The predicted octanol–water partition coefficient (Wildman–Crippen LogP) is 2.22. The van der Waals surface area contributed by atoms with E-state index < -0.39 is 0 Å². The first-order valence-electron chi connectivity index (χ1n) is 7.47. The molecular formula is C15H16N6OS. The van der Waals surface area contributed by atoms with Crippen LogP contribution in [-0.2, 0) is 0 Å². The minimum Gasteiger partial charge on any atom is -0.463 e. The highest BCUT2D eigenvalue weighted by Crippen LogP contribution is 2.23. The normalized spacial score (nSPS) is 15.2. The summed E-state index contributed by atoms with van der Waals surface area (Å²) in [4.78, 5) is 4.51. The maximum atomic E-state index is 5.34. The van der Waals surface area contributed by atoms with Gasteiger partial charge in [0.25, 0.3) is 0 Å². The predicted molar refractivity (Wildman–Crippen MR) is 88.8 cm³/mol. The molecule has 1 saturated heterocycles. The Labute approximate surface area is 137 Å². The maximum Gasteiger partial charge on any atom is 0.208 e. The molecule has 1 aliphatic heterocycles. The van der Waals surface area contributed by atoms with E-state index in [-0.39, 0.29) is 0 Å². The van der Waals surface area contributed by atoms with Crippen molar-refractivity contribution < 1.29 is 4.42 Å². The van der Waals surface area contributed by atoms with Crippen molar-refractivity contribution >= 4 is 22.3 Å². The quantitative estimate of drug-likeness (QED) is 0.730. The second-order valence-corrected chi connectivity index (χ2v) is 6.49. The monoisotopic (exact) mass is 328 g/mol. The van der Waals surface area contributed by atoms with Crippen LogP contribution in [0, 0.1) is 6.92 Å². The zero-order chi connectivity index (χ0) is 15.6. The van der Waals surface area contributed by atoms with Crippen LogP contribution in [0.3, 0.4) is 0 Å². The van der Waals surface area contributed by atoms with Crippen molar-refractivity contribution in [2.24, 2.45) is 0 Å². The largest absolute Gasteiger partial charge is 0.463 e. The average molecular weight is 328 g/mol. The van der Waals surface area contributed by atoms with Crippen molar-refractivity contribution in [3.05, 3.63) is 35.5 Å². The van der Waals surface area contributed by atoms with E-state index in [9.17, 15) is 0 Å². The molecule has 8 heteroatoms. The molecule has 0 saturated carbocycles. The van der Waals surface area contributed by atoms with E-state index in [1.54, 1.807) is 17.6 Å². The van der Waals surface area contributed by atoms with E-state index in [0.29, 0.717) is 0 Å². The van der Waals surface area contributed by atoms with Crippen molar-refractivity contribution in [1.82, 2.24) is 20.4 Å². The summed E-state index contributed by atoms with van der Waals surface area (Å²) in [5.74, 6) is 1.63. The summed E-state index contributed by atoms with van der Waals surface area (Å²) in [5.41, 5.74) is 0.752. The summed E-state index contributed by atoms with van der Waals surface area (Å²) in [5, 5.41) is 18.9. The van der Waals surface area contributed by atoms with Gasteiger partial charge in [0.2, 0.25) is 5.13 Å². The van der Waals surface area contributed by atoms with Crippen LogP contribution in [-0.4, -0.2) is 46.6 Å². The summed E-state index contributed by atoms with van der Waals surface area (Å²) in [6.07, 6.45) is 1.64. The lowest BCUT2D eigenvalue weighted by Crippen LogP contribution is -2.46. The van der Waals surface area contributed by atoms with Gasteiger partial charge in [-0.15, -0.1) is 20.4 Å². The van der Waals surface area contributed by atoms with Gasteiger partial charge in [0.05, 0.1) is 6.26 Å². The summed E-state index contributed by atoms with van der Waals surface area (Å²) in [7, 11) is 0. The van der Waals surface area contributed by atoms with Crippen LogP contribution in [0.15, 0.2) is 34.9 Å². The Balaban J connectivity index is 1.42. The van der Waals surface area contributed by atoms with Gasteiger partial charge in [-0.3, -0.25) is 0 Å². The minimum atomic E-state index is 0.737. The Morgan fingerprint density at radius 2 is 1.78 bits per heavy atom. The number of nitrogens with zero attached hydrogens (tertiary/aromatic N) is 6. The number of furan rings is 1. The summed E-state index contributed by atoms with van der Waals surface area (Å²) in [6, 6.07) is 7.67. The van der Waals surface area contributed by atoms with E-state index in [1.807, 2.05) is 31.2 Å². The number of hydrogen-bond donors (Lipinski definition) is 0. The molecule has 4 rings (SSSR count). The number of aryl methyl sites for hydroxylation is 1. The van der Waals surface area contributed by atoms with Crippen molar-refractivity contribution in [3.63, 3.8) is 0 Å². The highest BCUT2D eigenvalue weighted by atomic mass is 32.1. The zero-order valence-electron chi connectivity index (χ0n) is 12.7. The van der Waals surface area contributed by atoms with Crippen molar-refractivity contribution in [2.75, 3.05) is 36.0 Å². The van der Waals surface area contributed by atoms with E-state index in [2.05, 4.69) is 30.2 Å². The van der Waals surface area contributed by atoms with Crippen LogP contribution in [0.4, 0.5) is 10.9 Å². The topological polar surface area (TPSA) is 71.2 Å². The highest BCUT2D eigenvalue weighted by molar-refractivity contribution is 7.15. The van der Waals surface area contributed by atoms with Crippen LogP contribution in [0.25, 0.3) is 11.5 Å². The maximum absolute atomic E-state index is 5.34. The lowest BCUT2D eigenvalue weighted by Gasteiger charge is -2.34. The second kappa shape index (κ2) is 5.96. The van der Waals surface area contributed by atoms with Gasteiger partial charge < -0.3 is 14.2 Å². The number of piperazine rings is 1. The van der Waals surface area contributed by atoms with Crippen molar-refractivity contribution in [3.8, 4) is 11.5 Å². The first kappa shape index (κ1) is 14.1. The van der Waals surface area contributed by atoms with Crippen LogP contribution in [0.5, 0.6) is 0 Å². The molecule has 0 aliphatic carbocycles. The smallest absolute Gasteiger partial charge is 0.208 e. The molecule has 0 N–H and O–H groups in total. The minimum absolute atomic E-state index is 0.737. The third-order valence-electron chi connectivity index (χ3n) is 3.81. The first-order chi connectivity index (χ1) is 11.3. The summed E-state index contributed by atoms with van der Waals surface area (Å²) < 4.78 is 5.34. The number of rotatable bonds is 3. The van der Waals surface area contributed by atoms with Crippen LogP contribution >= 0.6 is 11.3 Å². The molecule has 23 heavy (non-hydrogen) atoms. The Bertz CT molecular complexity index is 762. The summed E-state index contributed by atoms with van der Waals surface area (Å²) >= 11 is 1.64. The Morgan fingerprint density at radius 3 is 2.39 bits per heavy atom. The molecule has 4 heterocycles. The molecule has 0 atom stereocenters. The van der Waals surface area contributed by atoms with Gasteiger partial charge in [-0.05, 0) is 31.2 Å². The molecule has 3 aromatic heterocycles. The molecule has 0 unspecified atom stereocenters. The molecule has 0 bridgehead atoms. The third-order valence-corrected chi connectivity index (χ3v) is 4.71.